The lowest BCUT2D eigenvalue weighted by Crippen LogP contribution is -2.35. The Labute approximate surface area is 201 Å². The van der Waals surface area contributed by atoms with E-state index in [2.05, 4.69) is 24.7 Å². The maximum absolute atomic E-state index is 13.4. The van der Waals surface area contributed by atoms with Crippen LogP contribution in [0.25, 0.3) is 11.3 Å². The summed E-state index contributed by atoms with van der Waals surface area (Å²) in [6.45, 7) is 6.79. The summed E-state index contributed by atoms with van der Waals surface area (Å²) in [6, 6.07) is 13.9. The lowest BCUT2D eigenvalue weighted by Gasteiger charge is -2.28. The Balaban J connectivity index is 1.39. The second kappa shape index (κ2) is 8.11. The molecule has 3 aromatic rings. The minimum atomic E-state index is -3.72. The number of hydrogen-bond donors (Lipinski definition) is 1. The van der Waals surface area contributed by atoms with Crippen LogP contribution in [-0.2, 0) is 10.2 Å². The quantitative estimate of drug-likeness (QED) is 0.558. The second-order valence-corrected chi connectivity index (χ2v) is 9.22. The van der Waals surface area contributed by atoms with E-state index in [1.807, 2.05) is 38.2 Å². The summed E-state index contributed by atoms with van der Waals surface area (Å²) >= 11 is 0. The Hall–Kier alpha value is -3.88. The Morgan fingerprint density at radius 1 is 1.06 bits per heavy atom. The molecular formula is C26H25F2N3O4. The molecule has 2 aliphatic rings. The molecule has 3 heterocycles. The number of ether oxygens (including phenoxy) is 3. The number of benzene rings is 2. The number of alkyl halides is 2. The van der Waals surface area contributed by atoms with E-state index >= 15 is 0 Å². The SMILES string of the molecule is Cc1ccc(NC(=O)C(C)(C)c2ccc3c(c2)OC(F)(F)O3)nc1-c1ccc2c(c1)OCCN2C. The fraction of sp³-hybridized carbons (Fsp3) is 0.308. The van der Waals surface area contributed by atoms with Crippen molar-refractivity contribution in [3.63, 3.8) is 0 Å². The smallest absolute Gasteiger partial charge is 0.490 e. The van der Waals surface area contributed by atoms with Gasteiger partial charge in [-0.1, -0.05) is 18.2 Å². The van der Waals surface area contributed by atoms with Crippen LogP contribution in [0.15, 0.2) is 48.5 Å². The second-order valence-electron chi connectivity index (χ2n) is 9.22. The first-order valence-electron chi connectivity index (χ1n) is 11.2. The van der Waals surface area contributed by atoms with Crippen molar-refractivity contribution in [2.45, 2.75) is 32.5 Å². The maximum atomic E-state index is 13.4. The topological polar surface area (TPSA) is 72.9 Å². The lowest BCUT2D eigenvalue weighted by atomic mass is 9.83. The van der Waals surface area contributed by atoms with Crippen molar-refractivity contribution in [3.8, 4) is 28.5 Å². The molecule has 0 aliphatic carbocycles. The van der Waals surface area contributed by atoms with Crippen LogP contribution in [0.1, 0.15) is 25.0 Å². The fourth-order valence-corrected chi connectivity index (χ4v) is 4.14. The largest absolute Gasteiger partial charge is 0.586 e. The van der Waals surface area contributed by atoms with Gasteiger partial charge in [0.1, 0.15) is 18.2 Å². The van der Waals surface area contributed by atoms with Gasteiger partial charge >= 0.3 is 6.29 Å². The number of fused-ring (bicyclic) bond motifs is 2. The van der Waals surface area contributed by atoms with Crippen LogP contribution in [0.4, 0.5) is 20.3 Å². The number of likely N-dealkylation sites (N-methyl/N-ethyl adjacent to an activating group) is 1. The number of nitrogens with zero attached hydrogens (tertiary/aromatic N) is 2. The number of aryl methyl sites for hydroxylation is 1. The summed E-state index contributed by atoms with van der Waals surface area (Å²) in [6.07, 6.45) is -3.72. The molecule has 0 radical (unpaired) electrons. The van der Waals surface area contributed by atoms with E-state index in [0.29, 0.717) is 18.0 Å². The predicted octanol–water partition coefficient (Wildman–Crippen LogP) is 5.12. The first-order chi connectivity index (χ1) is 16.5. The Morgan fingerprint density at radius 2 is 1.83 bits per heavy atom. The van der Waals surface area contributed by atoms with Gasteiger partial charge < -0.3 is 24.4 Å². The van der Waals surface area contributed by atoms with Crippen molar-refractivity contribution in [1.29, 1.82) is 0 Å². The van der Waals surface area contributed by atoms with Crippen molar-refractivity contribution in [3.05, 3.63) is 59.7 Å². The fourth-order valence-electron chi connectivity index (χ4n) is 4.14. The highest BCUT2D eigenvalue weighted by atomic mass is 19.3. The predicted molar refractivity (Wildman–Crippen MR) is 127 cm³/mol. The van der Waals surface area contributed by atoms with Gasteiger partial charge in [0, 0.05) is 12.6 Å². The highest BCUT2D eigenvalue weighted by Gasteiger charge is 2.44. The maximum Gasteiger partial charge on any atom is 0.586 e. The van der Waals surface area contributed by atoms with E-state index in [1.165, 1.54) is 12.1 Å². The van der Waals surface area contributed by atoms with Gasteiger partial charge in [-0.2, -0.15) is 0 Å². The van der Waals surface area contributed by atoms with E-state index in [-0.39, 0.29) is 17.4 Å². The molecule has 0 spiro atoms. The van der Waals surface area contributed by atoms with Crippen molar-refractivity contribution >= 4 is 17.4 Å². The van der Waals surface area contributed by atoms with Gasteiger partial charge in [0.25, 0.3) is 0 Å². The third-order valence-corrected chi connectivity index (χ3v) is 6.36. The minimum absolute atomic E-state index is 0.0694. The van der Waals surface area contributed by atoms with Gasteiger partial charge in [0.05, 0.1) is 23.3 Å². The van der Waals surface area contributed by atoms with Gasteiger partial charge in [-0.25, -0.2) is 4.98 Å². The monoisotopic (exact) mass is 481 g/mol. The van der Waals surface area contributed by atoms with Gasteiger partial charge in [-0.05, 0) is 62.2 Å². The molecule has 5 rings (SSSR count). The summed E-state index contributed by atoms with van der Waals surface area (Å²) in [7, 11) is 2.02. The highest BCUT2D eigenvalue weighted by molar-refractivity contribution is 5.98. The molecule has 0 fully saturated rings. The summed E-state index contributed by atoms with van der Waals surface area (Å²) in [5, 5.41) is 2.86. The Bertz CT molecular complexity index is 1330. The number of halogens is 2. The van der Waals surface area contributed by atoms with Crippen LogP contribution in [0, 0.1) is 6.92 Å². The Morgan fingerprint density at radius 3 is 2.63 bits per heavy atom. The van der Waals surface area contributed by atoms with Crippen LogP contribution >= 0.6 is 0 Å². The molecule has 9 heteroatoms. The van der Waals surface area contributed by atoms with Crippen LogP contribution in [0.3, 0.4) is 0 Å². The molecule has 0 unspecified atom stereocenters. The molecule has 2 aliphatic heterocycles. The van der Waals surface area contributed by atoms with Crippen LogP contribution in [0.2, 0.25) is 0 Å². The zero-order valence-corrected chi connectivity index (χ0v) is 19.8. The van der Waals surface area contributed by atoms with E-state index < -0.39 is 11.7 Å². The third-order valence-electron chi connectivity index (χ3n) is 6.36. The van der Waals surface area contributed by atoms with E-state index in [4.69, 9.17) is 4.74 Å². The molecule has 0 saturated carbocycles. The molecule has 0 saturated heterocycles. The first kappa shape index (κ1) is 22.9. The lowest BCUT2D eigenvalue weighted by molar-refractivity contribution is -0.286. The summed E-state index contributed by atoms with van der Waals surface area (Å²) < 4.78 is 41.6. The molecule has 2 aromatic carbocycles. The van der Waals surface area contributed by atoms with Crippen molar-refractivity contribution in [2.75, 3.05) is 30.4 Å². The number of carbonyl (C=O) groups is 1. The first-order valence-corrected chi connectivity index (χ1v) is 11.2. The number of anilines is 2. The highest BCUT2D eigenvalue weighted by Crippen LogP contribution is 2.43. The third kappa shape index (κ3) is 4.22. The average molecular weight is 481 g/mol. The number of amides is 1. The van der Waals surface area contributed by atoms with Gasteiger partial charge in [0.15, 0.2) is 11.5 Å². The van der Waals surface area contributed by atoms with Crippen LogP contribution < -0.4 is 24.4 Å². The van der Waals surface area contributed by atoms with Crippen molar-refractivity contribution in [2.24, 2.45) is 0 Å². The number of rotatable bonds is 4. The average Bonchev–Trinajstić information content (AvgIpc) is 3.13. The Kier molecular flexibility index (Phi) is 5.30. The normalized spacial score (nSPS) is 15.9. The number of aromatic nitrogens is 1. The molecule has 0 bridgehead atoms. The minimum Gasteiger partial charge on any atom is -0.490 e. The molecule has 1 aromatic heterocycles. The van der Waals surface area contributed by atoms with Gasteiger partial charge in [0.2, 0.25) is 5.91 Å². The number of hydrogen-bond acceptors (Lipinski definition) is 6. The zero-order chi connectivity index (χ0) is 25.0. The molecule has 7 nitrogen and oxygen atoms in total. The van der Waals surface area contributed by atoms with E-state index in [9.17, 15) is 13.6 Å². The van der Waals surface area contributed by atoms with E-state index in [0.717, 1.165) is 34.8 Å². The number of carbonyl (C=O) groups excluding carboxylic acids is 1. The van der Waals surface area contributed by atoms with Crippen molar-refractivity contribution < 1.29 is 27.8 Å². The number of nitrogens with one attached hydrogen (secondary N) is 1. The van der Waals surface area contributed by atoms with Crippen molar-refractivity contribution in [1.82, 2.24) is 4.98 Å². The van der Waals surface area contributed by atoms with Crippen LogP contribution in [-0.4, -0.2) is 37.4 Å². The molecular weight excluding hydrogens is 456 g/mol. The van der Waals surface area contributed by atoms with Gasteiger partial charge in [-0.3, -0.25) is 4.79 Å². The van der Waals surface area contributed by atoms with E-state index in [1.54, 1.807) is 26.0 Å². The molecule has 1 N–H and O–H groups in total. The van der Waals surface area contributed by atoms with Crippen LogP contribution in [0.5, 0.6) is 17.2 Å². The summed E-state index contributed by atoms with van der Waals surface area (Å²) in [5.74, 6) is 0.651. The molecule has 182 valence electrons. The number of pyridine rings is 1. The zero-order valence-electron chi connectivity index (χ0n) is 19.8. The summed E-state index contributed by atoms with van der Waals surface area (Å²) in [5.41, 5.74) is 3.01. The molecule has 35 heavy (non-hydrogen) atoms. The summed E-state index contributed by atoms with van der Waals surface area (Å²) in [4.78, 5) is 20.1. The standard InChI is InChI=1S/C26H25F2N3O4/c1-15-5-10-22(29-23(15)16-6-8-18-20(13-16)33-12-11-31(18)4)30-24(32)25(2,3)17-7-9-19-21(14-17)35-26(27,28)34-19/h5-10,13-14H,11-12H2,1-4H3,(H,29,30,32). The molecule has 1 amide bonds. The van der Waals surface area contributed by atoms with Gasteiger partial charge in [-0.15, -0.1) is 8.78 Å². The molecule has 0 atom stereocenters.